The summed E-state index contributed by atoms with van der Waals surface area (Å²) in [6, 6.07) is 7.73. The van der Waals surface area contributed by atoms with Crippen molar-refractivity contribution in [3.05, 3.63) is 35.4 Å². The van der Waals surface area contributed by atoms with Crippen molar-refractivity contribution in [2.45, 2.75) is 13.0 Å². The standard InChI is InChI=1S/C12H10O/c1-3-12(13)8-7-11-6-4-5-10(2)9-11/h1,4-6,9,12-13H,2H3. The lowest BCUT2D eigenvalue weighted by molar-refractivity contribution is 0.290. The van der Waals surface area contributed by atoms with E-state index in [1.165, 1.54) is 0 Å². The second kappa shape index (κ2) is 4.36. The molecule has 13 heavy (non-hydrogen) atoms. The number of hydrogen-bond donors (Lipinski definition) is 1. The molecule has 0 bridgehead atoms. The van der Waals surface area contributed by atoms with Crippen molar-refractivity contribution in [2.75, 3.05) is 0 Å². The van der Waals surface area contributed by atoms with Crippen LogP contribution < -0.4 is 0 Å². The SMILES string of the molecule is C#CC(O)C#Cc1cccc(C)c1. The summed E-state index contributed by atoms with van der Waals surface area (Å²) in [6.07, 6.45) is 3.99. The molecule has 0 spiro atoms. The number of benzene rings is 1. The molecule has 0 fully saturated rings. The van der Waals surface area contributed by atoms with Gasteiger partial charge in [0.15, 0.2) is 6.10 Å². The molecule has 0 aliphatic rings. The second-order valence-electron chi connectivity index (χ2n) is 2.71. The van der Waals surface area contributed by atoms with Crippen LogP contribution in [-0.2, 0) is 0 Å². The van der Waals surface area contributed by atoms with Gasteiger partial charge in [-0.05, 0) is 24.6 Å². The summed E-state index contributed by atoms with van der Waals surface area (Å²) < 4.78 is 0. The van der Waals surface area contributed by atoms with E-state index in [-0.39, 0.29) is 0 Å². The van der Waals surface area contributed by atoms with Gasteiger partial charge in [-0.3, -0.25) is 0 Å². The zero-order valence-corrected chi connectivity index (χ0v) is 7.41. The molecule has 0 saturated heterocycles. The van der Waals surface area contributed by atoms with E-state index >= 15 is 0 Å². The van der Waals surface area contributed by atoms with Gasteiger partial charge in [-0.1, -0.05) is 29.9 Å². The van der Waals surface area contributed by atoms with Crippen molar-refractivity contribution >= 4 is 0 Å². The molecule has 1 aromatic rings. The lowest BCUT2D eigenvalue weighted by Gasteiger charge is -1.92. The molecule has 0 radical (unpaired) electrons. The Balaban J connectivity index is 2.85. The summed E-state index contributed by atoms with van der Waals surface area (Å²) in [7, 11) is 0. The molecule has 0 heterocycles. The molecule has 1 N–H and O–H groups in total. The quantitative estimate of drug-likeness (QED) is 0.582. The number of hydrogen-bond acceptors (Lipinski definition) is 1. The van der Waals surface area contributed by atoms with Gasteiger partial charge in [0, 0.05) is 5.56 Å². The third-order valence-corrected chi connectivity index (χ3v) is 1.53. The number of aliphatic hydroxyl groups excluding tert-OH is 1. The number of rotatable bonds is 0. The molecule has 0 aromatic heterocycles. The molecule has 0 aliphatic heterocycles. The molecule has 1 rings (SSSR count). The molecule has 1 unspecified atom stereocenters. The summed E-state index contributed by atoms with van der Waals surface area (Å²) in [6.45, 7) is 1.99. The van der Waals surface area contributed by atoms with Crippen LogP contribution in [0.4, 0.5) is 0 Å². The third-order valence-electron chi connectivity index (χ3n) is 1.53. The van der Waals surface area contributed by atoms with Crippen LogP contribution in [0.2, 0.25) is 0 Å². The van der Waals surface area contributed by atoms with Gasteiger partial charge in [0.05, 0.1) is 0 Å². The lowest BCUT2D eigenvalue weighted by atomic mass is 10.1. The largest absolute Gasteiger partial charge is 0.369 e. The van der Waals surface area contributed by atoms with Gasteiger partial charge in [-0.2, -0.15) is 0 Å². The fraction of sp³-hybridized carbons (Fsp3) is 0.167. The first-order valence-electron chi connectivity index (χ1n) is 3.95. The summed E-state index contributed by atoms with van der Waals surface area (Å²) >= 11 is 0. The zero-order chi connectivity index (χ0) is 9.68. The number of aliphatic hydroxyl groups is 1. The minimum atomic E-state index is -0.972. The van der Waals surface area contributed by atoms with Crippen LogP contribution in [0.15, 0.2) is 24.3 Å². The molecule has 1 heteroatoms. The van der Waals surface area contributed by atoms with Crippen LogP contribution in [0, 0.1) is 31.1 Å². The summed E-state index contributed by atoms with van der Waals surface area (Å²) in [5, 5.41) is 8.98. The Morgan fingerprint density at radius 3 is 2.85 bits per heavy atom. The summed E-state index contributed by atoms with van der Waals surface area (Å²) in [4.78, 5) is 0. The van der Waals surface area contributed by atoms with E-state index in [4.69, 9.17) is 11.5 Å². The molecule has 0 amide bonds. The number of terminal acetylenes is 1. The average Bonchev–Trinajstić information content (AvgIpc) is 2.14. The zero-order valence-electron chi connectivity index (χ0n) is 7.41. The molecule has 0 aliphatic carbocycles. The first kappa shape index (κ1) is 9.39. The molecule has 1 nitrogen and oxygen atoms in total. The molecule has 0 saturated carbocycles. The molecular formula is C12H10O. The van der Waals surface area contributed by atoms with Crippen LogP contribution in [0.5, 0.6) is 0 Å². The Morgan fingerprint density at radius 2 is 2.23 bits per heavy atom. The minimum Gasteiger partial charge on any atom is -0.369 e. The Morgan fingerprint density at radius 1 is 1.46 bits per heavy atom. The third kappa shape index (κ3) is 3.03. The molecule has 1 aromatic carbocycles. The predicted octanol–water partition coefficient (Wildman–Crippen LogP) is 1.34. The summed E-state index contributed by atoms with van der Waals surface area (Å²) in [5.41, 5.74) is 2.01. The predicted molar refractivity (Wildman–Crippen MR) is 52.9 cm³/mol. The van der Waals surface area contributed by atoms with Crippen molar-refractivity contribution in [2.24, 2.45) is 0 Å². The Bertz CT molecular complexity index is 388. The van der Waals surface area contributed by atoms with Crippen LogP contribution >= 0.6 is 0 Å². The van der Waals surface area contributed by atoms with Crippen molar-refractivity contribution in [1.82, 2.24) is 0 Å². The molecule has 1 atom stereocenters. The van der Waals surface area contributed by atoms with Crippen LogP contribution in [-0.4, -0.2) is 11.2 Å². The van der Waals surface area contributed by atoms with Crippen molar-refractivity contribution < 1.29 is 5.11 Å². The van der Waals surface area contributed by atoms with Crippen molar-refractivity contribution in [3.63, 3.8) is 0 Å². The van der Waals surface area contributed by atoms with E-state index in [1.807, 2.05) is 31.2 Å². The van der Waals surface area contributed by atoms with Gasteiger partial charge in [0.1, 0.15) is 0 Å². The fourth-order valence-corrected chi connectivity index (χ4v) is 0.916. The molecule has 64 valence electrons. The van der Waals surface area contributed by atoms with Crippen LogP contribution in [0.3, 0.4) is 0 Å². The van der Waals surface area contributed by atoms with E-state index in [9.17, 15) is 0 Å². The topological polar surface area (TPSA) is 20.2 Å². The highest BCUT2D eigenvalue weighted by atomic mass is 16.3. The van der Waals surface area contributed by atoms with Gasteiger partial charge in [0.25, 0.3) is 0 Å². The van der Waals surface area contributed by atoms with Gasteiger partial charge in [-0.15, -0.1) is 6.42 Å². The van der Waals surface area contributed by atoms with Gasteiger partial charge in [0.2, 0.25) is 0 Å². The second-order valence-corrected chi connectivity index (χ2v) is 2.71. The summed E-state index contributed by atoms with van der Waals surface area (Å²) in [5.74, 6) is 7.47. The average molecular weight is 170 g/mol. The smallest absolute Gasteiger partial charge is 0.176 e. The Hall–Kier alpha value is -1.70. The van der Waals surface area contributed by atoms with Gasteiger partial charge < -0.3 is 5.11 Å². The lowest BCUT2D eigenvalue weighted by Crippen LogP contribution is -1.96. The first-order valence-corrected chi connectivity index (χ1v) is 3.95. The van der Waals surface area contributed by atoms with Crippen LogP contribution in [0.1, 0.15) is 11.1 Å². The maximum Gasteiger partial charge on any atom is 0.176 e. The van der Waals surface area contributed by atoms with E-state index in [1.54, 1.807) is 0 Å². The monoisotopic (exact) mass is 170 g/mol. The van der Waals surface area contributed by atoms with E-state index in [0.29, 0.717) is 0 Å². The van der Waals surface area contributed by atoms with Gasteiger partial charge >= 0.3 is 0 Å². The van der Waals surface area contributed by atoms with Crippen molar-refractivity contribution in [1.29, 1.82) is 0 Å². The van der Waals surface area contributed by atoms with Crippen LogP contribution in [0.25, 0.3) is 0 Å². The van der Waals surface area contributed by atoms with E-state index < -0.39 is 6.10 Å². The molecular weight excluding hydrogens is 160 g/mol. The maximum absolute atomic E-state index is 8.98. The number of aryl methyl sites for hydroxylation is 1. The maximum atomic E-state index is 8.98. The first-order chi connectivity index (χ1) is 6.22. The normalized spacial score (nSPS) is 10.8. The highest BCUT2D eigenvalue weighted by Gasteiger charge is 1.89. The fourth-order valence-electron chi connectivity index (χ4n) is 0.916. The highest BCUT2D eigenvalue weighted by Crippen LogP contribution is 2.01. The van der Waals surface area contributed by atoms with E-state index in [0.717, 1.165) is 11.1 Å². The van der Waals surface area contributed by atoms with Crippen molar-refractivity contribution in [3.8, 4) is 24.2 Å². The Kier molecular flexibility index (Phi) is 3.15. The highest BCUT2D eigenvalue weighted by molar-refractivity contribution is 5.38. The minimum absolute atomic E-state index is 0.870. The van der Waals surface area contributed by atoms with E-state index in [2.05, 4.69) is 17.8 Å². The van der Waals surface area contributed by atoms with Gasteiger partial charge in [-0.25, -0.2) is 0 Å². The Labute approximate surface area is 78.4 Å².